The van der Waals surface area contributed by atoms with Crippen LogP contribution in [0.3, 0.4) is 0 Å². The van der Waals surface area contributed by atoms with Crippen molar-refractivity contribution in [2.75, 3.05) is 11.9 Å². The van der Waals surface area contributed by atoms with E-state index in [-0.39, 0.29) is 5.82 Å². The third-order valence-corrected chi connectivity index (χ3v) is 4.99. The van der Waals surface area contributed by atoms with Crippen LogP contribution < -0.4 is 4.90 Å². The second-order valence-electron chi connectivity index (χ2n) is 7.34. The predicted molar refractivity (Wildman–Crippen MR) is 86.2 cm³/mol. The normalized spacial score (nSPS) is 20.3. The first-order chi connectivity index (χ1) is 9.71. The van der Waals surface area contributed by atoms with Gasteiger partial charge in [-0.1, -0.05) is 13.8 Å². The van der Waals surface area contributed by atoms with Gasteiger partial charge in [-0.2, -0.15) is 0 Å². The van der Waals surface area contributed by atoms with Crippen molar-refractivity contribution in [1.29, 1.82) is 0 Å². The fourth-order valence-corrected chi connectivity index (χ4v) is 3.29. The molecule has 2 rings (SSSR count). The Morgan fingerprint density at radius 1 is 1.29 bits per heavy atom. The van der Waals surface area contributed by atoms with Crippen molar-refractivity contribution < 1.29 is 9.50 Å². The minimum atomic E-state index is -0.655. The molecule has 1 aromatic rings. The summed E-state index contributed by atoms with van der Waals surface area (Å²) in [5.41, 5.74) is 2.72. The molecule has 1 aromatic carbocycles. The molecule has 0 amide bonds. The Morgan fingerprint density at radius 3 is 2.38 bits per heavy atom. The lowest BCUT2D eigenvalue weighted by atomic mass is 9.75. The summed E-state index contributed by atoms with van der Waals surface area (Å²) in [6, 6.07) is 3.83. The average molecular weight is 293 g/mol. The molecule has 0 aliphatic heterocycles. The molecule has 2 nitrogen and oxygen atoms in total. The number of anilines is 1. The van der Waals surface area contributed by atoms with E-state index in [4.69, 9.17) is 0 Å². The molecule has 1 aliphatic carbocycles. The average Bonchev–Trinajstić information content (AvgIpc) is 2.40. The molecule has 1 fully saturated rings. The van der Waals surface area contributed by atoms with Gasteiger partial charge < -0.3 is 10.0 Å². The maximum absolute atomic E-state index is 13.8. The van der Waals surface area contributed by atoms with Crippen molar-refractivity contribution >= 4 is 5.69 Å². The Balaban J connectivity index is 2.26. The number of halogens is 1. The van der Waals surface area contributed by atoms with E-state index in [2.05, 4.69) is 25.8 Å². The molecule has 21 heavy (non-hydrogen) atoms. The van der Waals surface area contributed by atoms with Crippen LogP contribution in [0.5, 0.6) is 0 Å². The molecule has 0 saturated heterocycles. The van der Waals surface area contributed by atoms with Crippen LogP contribution in [-0.2, 0) is 0 Å². The van der Waals surface area contributed by atoms with Gasteiger partial charge in [0.15, 0.2) is 0 Å². The van der Waals surface area contributed by atoms with E-state index in [1.807, 2.05) is 6.07 Å². The molecular formula is C18H28FNO. The highest BCUT2D eigenvalue weighted by molar-refractivity contribution is 5.57. The van der Waals surface area contributed by atoms with Gasteiger partial charge in [-0.25, -0.2) is 4.39 Å². The Kier molecular flexibility index (Phi) is 4.62. The molecule has 0 radical (unpaired) electrons. The predicted octanol–water partition coefficient (Wildman–Crippen LogP) is 4.59. The van der Waals surface area contributed by atoms with Crippen LogP contribution in [0.4, 0.5) is 10.1 Å². The quantitative estimate of drug-likeness (QED) is 0.881. The SMILES string of the molecule is Cc1cc(N(C)C2CCC(C)(C)CC2)c([C@@H](C)O)cc1F. The van der Waals surface area contributed by atoms with E-state index in [0.29, 0.717) is 22.6 Å². The van der Waals surface area contributed by atoms with Crippen LogP contribution in [-0.4, -0.2) is 18.2 Å². The van der Waals surface area contributed by atoms with Crippen LogP contribution in [0, 0.1) is 18.2 Å². The summed E-state index contributed by atoms with van der Waals surface area (Å²) in [4.78, 5) is 2.24. The highest BCUT2D eigenvalue weighted by Gasteiger charge is 2.30. The van der Waals surface area contributed by atoms with E-state index in [0.717, 1.165) is 18.5 Å². The van der Waals surface area contributed by atoms with Crippen molar-refractivity contribution in [3.63, 3.8) is 0 Å². The first-order valence-electron chi connectivity index (χ1n) is 7.92. The third-order valence-electron chi connectivity index (χ3n) is 4.99. The third kappa shape index (κ3) is 3.57. The van der Waals surface area contributed by atoms with E-state index in [1.54, 1.807) is 13.8 Å². The molecule has 0 unspecified atom stereocenters. The lowest BCUT2D eigenvalue weighted by Crippen LogP contribution is -2.37. The Labute approximate surface area is 128 Å². The number of hydrogen-bond acceptors (Lipinski definition) is 2. The Morgan fingerprint density at radius 2 is 1.86 bits per heavy atom. The second kappa shape index (κ2) is 5.96. The standard InChI is InChI=1S/C18H28FNO/c1-12-10-17(15(13(2)21)11-16(12)19)20(5)14-6-8-18(3,4)9-7-14/h10-11,13-14,21H,6-9H2,1-5H3/t13-/m1/s1. The molecule has 0 spiro atoms. The summed E-state index contributed by atoms with van der Waals surface area (Å²) in [6.07, 6.45) is 4.08. The molecular weight excluding hydrogens is 265 g/mol. The summed E-state index contributed by atoms with van der Waals surface area (Å²) in [5.74, 6) is -0.243. The van der Waals surface area contributed by atoms with Crippen molar-refractivity contribution in [2.45, 2.75) is 65.5 Å². The van der Waals surface area contributed by atoms with Crippen molar-refractivity contribution in [3.8, 4) is 0 Å². The van der Waals surface area contributed by atoms with Gasteiger partial charge in [-0.05, 0) is 62.6 Å². The highest BCUT2D eigenvalue weighted by Crippen LogP contribution is 2.39. The number of benzene rings is 1. The Bertz CT molecular complexity index is 500. The summed E-state index contributed by atoms with van der Waals surface area (Å²) in [5, 5.41) is 9.96. The largest absolute Gasteiger partial charge is 0.389 e. The van der Waals surface area contributed by atoms with Gasteiger partial charge in [0.05, 0.1) is 6.10 Å². The highest BCUT2D eigenvalue weighted by atomic mass is 19.1. The minimum Gasteiger partial charge on any atom is -0.389 e. The first kappa shape index (κ1) is 16.3. The van der Waals surface area contributed by atoms with Gasteiger partial charge in [0.1, 0.15) is 5.82 Å². The van der Waals surface area contributed by atoms with Gasteiger partial charge in [0, 0.05) is 24.3 Å². The summed E-state index contributed by atoms with van der Waals surface area (Å²) in [6.45, 7) is 8.13. The molecule has 1 atom stereocenters. The van der Waals surface area contributed by atoms with Crippen LogP contribution in [0.25, 0.3) is 0 Å². The van der Waals surface area contributed by atoms with Gasteiger partial charge in [0.25, 0.3) is 0 Å². The van der Waals surface area contributed by atoms with E-state index >= 15 is 0 Å². The molecule has 1 aliphatic rings. The zero-order valence-corrected chi connectivity index (χ0v) is 13.9. The van der Waals surface area contributed by atoms with Crippen LogP contribution in [0.2, 0.25) is 0 Å². The number of aliphatic hydroxyl groups is 1. The summed E-state index contributed by atoms with van der Waals surface area (Å²) in [7, 11) is 2.07. The zero-order chi connectivity index (χ0) is 15.8. The van der Waals surface area contributed by atoms with Crippen molar-refractivity contribution in [2.24, 2.45) is 5.41 Å². The lowest BCUT2D eigenvalue weighted by Gasteiger charge is -2.40. The van der Waals surface area contributed by atoms with Crippen LogP contribution in [0.1, 0.15) is 63.7 Å². The smallest absolute Gasteiger partial charge is 0.126 e. The summed E-state index contributed by atoms with van der Waals surface area (Å²) >= 11 is 0. The molecule has 0 aromatic heterocycles. The number of rotatable bonds is 3. The van der Waals surface area contributed by atoms with Gasteiger partial charge in [0.2, 0.25) is 0 Å². The fourth-order valence-electron chi connectivity index (χ4n) is 3.29. The first-order valence-corrected chi connectivity index (χ1v) is 7.92. The maximum Gasteiger partial charge on any atom is 0.126 e. The van der Waals surface area contributed by atoms with Gasteiger partial charge in [-0.3, -0.25) is 0 Å². The molecule has 1 saturated carbocycles. The topological polar surface area (TPSA) is 23.5 Å². The fraction of sp³-hybridized carbons (Fsp3) is 0.667. The summed E-state index contributed by atoms with van der Waals surface area (Å²) < 4.78 is 13.8. The van der Waals surface area contributed by atoms with Crippen LogP contribution >= 0.6 is 0 Å². The maximum atomic E-state index is 13.8. The minimum absolute atomic E-state index is 0.243. The molecule has 118 valence electrons. The molecule has 1 N–H and O–H groups in total. The monoisotopic (exact) mass is 293 g/mol. The van der Waals surface area contributed by atoms with Crippen molar-refractivity contribution in [3.05, 3.63) is 29.1 Å². The van der Waals surface area contributed by atoms with Gasteiger partial charge >= 0.3 is 0 Å². The van der Waals surface area contributed by atoms with E-state index < -0.39 is 6.10 Å². The number of nitrogens with zero attached hydrogens (tertiary/aromatic N) is 1. The zero-order valence-electron chi connectivity index (χ0n) is 13.9. The molecule has 0 bridgehead atoms. The number of aryl methyl sites for hydroxylation is 1. The van der Waals surface area contributed by atoms with Crippen LogP contribution in [0.15, 0.2) is 12.1 Å². The van der Waals surface area contributed by atoms with Gasteiger partial charge in [-0.15, -0.1) is 0 Å². The van der Waals surface area contributed by atoms with E-state index in [9.17, 15) is 9.50 Å². The molecule has 3 heteroatoms. The second-order valence-corrected chi connectivity index (χ2v) is 7.34. The molecule has 0 heterocycles. The number of aliphatic hydroxyl groups excluding tert-OH is 1. The van der Waals surface area contributed by atoms with Crippen molar-refractivity contribution in [1.82, 2.24) is 0 Å². The number of hydrogen-bond donors (Lipinski definition) is 1. The van der Waals surface area contributed by atoms with E-state index in [1.165, 1.54) is 18.9 Å². The Hall–Kier alpha value is -1.09. The lowest BCUT2D eigenvalue weighted by molar-refractivity contribution is 0.197.